The lowest BCUT2D eigenvalue weighted by molar-refractivity contribution is 0.401. The van der Waals surface area contributed by atoms with Crippen molar-refractivity contribution < 1.29 is 18.6 Å². The monoisotopic (exact) mass is 342 g/mol. The fourth-order valence-electron chi connectivity index (χ4n) is 1.19. The lowest BCUT2D eigenvalue weighted by Gasteiger charge is -2.03. The van der Waals surface area contributed by atoms with E-state index in [4.69, 9.17) is 10.5 Å². The van der Waals surface area contributed by atoms with Gasteiger partial charge in [0.1, 0.15) is 16.7 Å². The molecule has 0 radical (unpaired) electrons. The molecule has 98 valence electrons. The average Bonchev–Trinajstić information content (AvgIpc) is 2.32. The quantitative estimate of drug-likeness (QED) is 0.636. The number of hydrogen-bond acceptors (Lipinski definition) is 6. The Labute approximate surface area is 117 Å². The highest BCUT2D eigenvalue weighted by atomic mass is 79.9. The van der Waals surface area contributed by atoms with Gasteiger partial charge in [0, 0.05) is 0 Å². The zero-order valence-corrected chi connectivity index (χ0v) is 11.7. The van der Waals surface area contributed by atoms with Gasteiger partial charge in [0.05, 0.1) is 10.5 Å². The van der Waals surface area contributed by atoms with E-state index in [9.17, 15) is 18.6 Å². The second-order valence-corrected chi connectivity index (χ2v) is 6.22. The summed E-state index contributed by atoms with van der Waals surface area (Å²) in [6, 6.07) is 5.38. The van der Waals surface area contributed by atoms with Crippen LogP contribution in [-0.4, -0.2) is 24.4 Å². The molecule has 2 N–H and O–H groups in total. The van der Waals surface area contributed by atoms with Gasteiger partial charge in [-0.25, -0.2) is 8.42 Å². The second kappa shape index (κ2) is 5.74. The van der Waals surface area contributed by atoms with E-state index in [2.05, 4.69) is 15.9 Å². The largest absolute Gasteiger partial charge is 0.504 e. The Morgan fingerprint density at radius 2 is 2.00 bits per heavy atom. The summed E-state index contributed by atoms with van der Waals surface area (Å²) in [6.45, 7) is 0. The number of halogens is 1. The number of benzene rings is 1. The summed E-state index contributed by atoms with van der Waals surface area (Å²) >= 11 is 2.97. The Hall–Kier alpha value is -2.03. The summed E-state index contributed by atoms with van der Waals surface area (Å²) in [4.78, 5) is -0.592. The van der Waals surface area contributed by atoms with Crippen LogP contribution in [0.15, 0.2) is 21.5 Å². The maximum absolute atomic E-state index is 11.6. The van der Waals surface area contributed by atoms with Crippen molar-refractivity contribution in [2.24, 2.45) is 0 Å². The smallest absolute Gasteiger partial charge is 0.201 e. The third-order valence-corrected chi connectivity index (χ3v) is 4.06. The minimum Gasteiger partial charge on any atom is -0.504 e. The fourth-order valence-corrected chi connectivity index (χ4v) is 2.44. The van der Waals surface area contributed by atoms with E-state index >= 15 is 0 Å². The Kier molecular flexibility index (Phi) is 4.54. The SMILES string of the molecule is N#CCS(=O)(=O)/C(C#N)=C\c1cc(O)c(O)c(Br)c1. The molecule has 6 nitrogen and oxygen atoms in total. The third-order valence-electron chi connectivity index (χ3n) is 2.06. The number of aromatic hydroxyl groups is 2. The van der Waals surface area contributed by atoms with Gasteiger partial charge in [-0.15, -0.1) is 0 Å². The van der Waals surface area contributed by atoms with E-state index in [1.54, 1.807) is 0 Å². The van der Waals surface area contributed by atoms with E-state index in [0.29, 0.717) is 0 Å². The van der Waals surface area contributed by atoms with Crippen LogP contribution in [0.2, 0.25) is 0 Å². The van der Waals surface area contributed by atoms with Crippen LogP contribution in [0.5, 0.6) is 11.5 Å². The first-order valence-corrected chi connectivity index (χ1v) is 7.19. The zero-order valence-electron chi connectivity index (χ0n) is 9.33. The molecule has 0 heterocycles. The van der Waals surface area contributed by atoms with Crippen LogP contribution in [0.1, 0.15) is 5.56 Å². The molecule has 0 spiro atoms. The lowest BCUT2D eigenvalue weighted by Crippen LogP contribution is -2.06. The number of phenols is 2. The summed E-state index contributed by atoms with van der Waals surface area (Å²) in [5.41, 5.74) is 0.195. The van der Waals surface area contributed by atoms with Crippen LogP contribution in [0, 0.1) is 22.7 Å². The van der Waals surface area contributed by atoms with Crippen molar-refractivity contribution in [3.63, 3.8) is 0 Å². The second-order valence-electron chi connectivity index (χ2n) is 3.41. The Morgan fingerprint density at radius 1 is 1.37 bits per heavy atom. The van der Waals surface area contributed by atoms with Crippen molar-refractivity contribution in [1.82, 2.24) is 0 Å². The van der Waals surface area contributed by atoms with Crippen LogP contribution in [-0.2, 0) is 9.84 Å². The van der Waals surface area contributed by atoms with Crippen LogP contribution in [0.25, 0.3) is 6.08 Å². The number of hydrogen-bond donors (Lipinski definition) is 2. The molecule has 8 heteroatoms. The number of nitrogens with zero attached hydrogens (tertiary/aromatic N) is 2. The third kappa shape index (κ3) is 3.47. The average molecular weight is 343 g/mol. The van der Waals surface area contributed by atoms with E-state index in [1.807, 2.05) is 0 Å². The summed E-state index contributed by atoms with van der Waals surface area (Å²) in [7, 11) is -3.98. The molecule has 0 saturated heterocycles. The van der Waals surface area contributed by atoms with E-state index in [-0.39, 0.29) is 10.0 Å². The molecule has 1 rings (SSSR count). The number of nitriles is 2. The molecular formula is C11H7BrN2O4S. The molecule has 0 aliphatic carbocycles. The minimum absolute atomic E-state index is 0.147. The number of allylic oxidation sites excluding steroid dienone is 1. The summed E-state index contributed by atoms with van der Waals surface area (Å²) in [5, 5.41) is 35.9. The number of phenolic OH excluding ortho intramolecular Hbond substituents is 2. The van der Waals surface area contributed by atoms with Gasteiger partial charge in [-0.3, -0.25) is 0 Å². The van der Waals surface area contributed by atoms with Crippen LogP contribution < -0.4 is 0 Å². The zero-order chi connectivity index (χ0) is 14.6. The van der Waals surface area contributed by atoms with Crippen molar-refractivity contribution in [3.05, 3.63) is 27.1 Å². The van der Waals surface area contributed by atoms with E-state index in [1.165, 1.54) is 18.2 Å². The molecule has 0 aliphatic rings. The predicted octanol–water partition coefficient (Wildman–Crippen LogP) is 1.66. The minimum atomic E-state index is -3.98. The van der Waals surface area contributed by atoms with Gasteiger partial charge < -0.3 is 10.2 Å². The summed E-state index contributed by atoms with van der Waals surface area (Å²) < 4.78 is 23.3. The highest BCUT2D eigenvalue weighted by Crippen LogP contribution is 2.35. The maximum Gasteiger partial charge on any atom is 0.201 e. The van der Waals surface area contributed by atoms with Crippen LogP contribution in [0.3, 0.4) is 0 Å². The summed E-state index contributed by atoms with van der Waals surface area (Å²) in [6.07, 6.45) is 1.01. The predicted molar refractivity (Wildman–Crippen MR) is 70.5 cm³/mol. The highest BCUT2D eigenvalue weighted by Gasteiger charge is 2.17. The van der Waals surface area contributed by atoms with Crippen molar-refractivity contribution in [1.29, 1.82) is 10.5 Å². The molecule has 0 bridgehead atoms. The molecule has 0 aliphatic heterocycles. The van der Waals surface area contributed by atoms with Gasteiger partial charge >= 0.3 is 0 Å². The van der Waals surface area contributed by atoms with Gasteiger partial charge in [0.2, 0.25) is 9.84 Å². The standard InChI is InChI=1S/C11H7BrN2O4S/c12-9-4-7(5-10(15)11(9)16)3-8(6-14)19(17,18)2-1-13/h3-5,15-16H,2H2/b8-3-. The molecule has 0 saturated carbocycles. The Morgan fingerprint density at radius 3 is 2.47 bits per heavy atom. The molecule has 0 atom stereocenters. The van der Waals surface area contributed by atoms with Crippen molar-refractivity contribution >= 4 is 31.8 Å². The van der Waals surface area contributed by atoms with Crippen LogP contribution in [0.4, 0.5) is 0 Å². The first-order valence-electron chi connectivity index (χ1n) is 4.75. The molecule has 19 heavy (non-hydrogen) atoms. The molecule has 1 aromatic rings. The van der Waals surface area contributed by atoms with Crippen molar-refractivity contribution in [2.45, 2.75) is 0 Å². The fraction of sp³-hybridized carbons (Fsp3) is 0.0909. The summed E-state index contributed by atoms with van der Waals surface area (Å²) in [5.74, 6) is -1.66. The van der Waals surface area contributed by atoms with Gasteiger partial charge in [0.25, 0.3) is 0 Å². The topological polar surface area (TPSA) is 122 Å². The Balaban J connectivity index is 3.37. The molecule has 0 aromatic heterocycles. The van der Waals surface area contributed by atoms with Gasteiger partial charge in [0.15, 0.2) is 11.5 Å². The van der Waals surface area contributed by atoms with E-state index in [0.717, 1.165) is 12.1 Å². The van der Waals surface area contributed by atoms with Gasteiger partial charge in [-0.2, -0.15) is 10.5 Å². The van der Waals surface area contributed by atoms with Crippen molar-refractivity contribution in [2.75, 3.05) is 5.75 Å². The molecular weight excluding hydrogens is 336 g/mol. The first kappa shape index (κ1) is 15.0. The number of rotatable bonds is 3. The van der Waals surface area contributed by atoms with E-state index < -0.39 is 32.0 Å². The van der Waals surface area contributed by atoms with Crippen molar-refractivity contribution in [3.8, 4) is 23.6 Å². The highest BCUT2D eigenvalue weighted by molar-refractivity contribution is 9.10. The molecule has 0 unspecified atom stereocenters. The molecule has 0 fully saturated rings. The number of sulfone groups is 1. The first-order chi connectivity index (χ1) is 8.81. The van der Waals surface area contributed by atoms with Crippen LogP contribution >= 0.6 is 15.9 Å². The maximum atomic E-state index is 11.6. The normalized spacial score (nSPS) is 11.6. The van der Waals surface area contributed by atoms with Gasteiger partial charge in [-0.05, 0) is 39.7 Å². The lowest BCUT2D eigenvalue weighted by atomic mass is 10.2. The van der Waals surface area contributed by atoms with Gasteiger partial charge in [-0.1, -0.05) is 0 Å². The Bertz CT molecular complexity index is 703. The molecule has 0 amide bonds. The molecule has 1 aromatic carbocycles.